The number of rotatable bonds is 7. The maximum absolute atomic E-state index is 13.1. The Labute approximate surface area is 162 Å². The van der Waals surface area contributed by atoms with Gasteiger partial charge in [0.1, 0.15) is 11.5 Å². The quantitative estimate of drug-likeness (QED) is 0.562. The van der Waals surface area contributed by atoms with Gasteiger partial charge < -0.3 is 20.1 Å². The van der Waals surface area contributed by atoms with E-state index >= 15 is 0 Å². The summed E-state index contributed by atoms with van der Waals surface area (Å²) in [5.41, 5.74) is 1.94. The van der Waals surface area contributed by atoms with Gasteiger partial charge >= 0.3 is 0 Å². The van der Waals surface area contributed by atoms with Gasteiger partial charge in [0.05, 0.1) is 31.5 Å². The Kier molecular flexibility index (Phi) is 5.79. The summed E-state index contributed by atoms with van der Waals surface area (Å²) >= 11 is 0. The lowest BCUT2D eigenvalue weighted by Crippen LogP contribution is -2.30. The molecule has 0 saturated carbocycles. The Morgan fingerprint density at radius 1 is 0.929 bits per heavy atom. The van der Waals surface area contributed by atoms with Gasteiger partial charge in [0.25, 0.3) is 0 Å². The zero-order chi connectivity index (χ0) is 20.4. The minimum atomic E-state index is -0.451. The van der Waals surface area contributed by atoms with Crippen LogP contribution in [0.15, 0.2) is 24.3 Å². The number of phenolic OH excluding ortho intramolecular Hbond substituents is 1. The van der Waals surface area contributed by atoms with Crippen molar-refractivity contribution in [1.29, 1.82) is 0 Å². The zero-order valence-corrected chi connectivity index (χ0v) is 15.9. The van der Waals surface area contributed by atoms with E-state index in [9.17, 15) is 14.7 Å². The van der Waals surface area contributed by atoms with Crippen LogP contribution in [0.3, 0.4) is 0 Å². The molecule has 0 unspecified atom stereocenters. The molecule has 148 valence electrons. The number of ketones is 2. The maximum atomic E-state index is 13.1. The van der Waals surface area contributed by atoms with Crippen LogP contribution < -0.4 is 4.74 Å². The molecule has 0 aliphatic heterocycles. The highest BCUT2D eigenvalue weighted by atomic mass is 16.5. The standard InChI is InChI=1S/C21H23NO6/c1-12-7-14-19(17(8-12)28-2)21(27)18-15(20(14)26)9-13(10-16(18)25)11-22(3-5-23)4-6-24/h7-10,23-25H,3-6,11H2,1-2H3. The molecule has 3 N–H and O–H groups in total. The second-order valence-corrected chi connectivity index (χ2v) is 6.81. The van der Waals surface area contributed by atoms with Gasteiger partial charge in [0, 0.05) is 30.8 Å². The van der Waals surface area contributed by atoms with E-state index in [-0.39, 0.29) is 47.0 Å². The molecule has 3 rings (SSSR count). The number of fused-ring (bicyclic) bond motifs is 2. The number of aliphatic hydroxyl groups is 2. The number of aromatic hydroxyl groups is 1. The van der Waals surface area contributed by atoms with Crippen LogP contribution in [0, 0.1) is 6.92 Å². The number of phenols is 1. The summed E-state index contributed by atoms with van der Waals surface area (Å²) in [6.45, 7) is 2.63. The Morgan fingerprint density at radius 2 is 1.57 bits per heavy atom. The van der Waals surface area contributed by atoms with Gasteiger partial charge in [-0.05, 0) is 42.3 Å². The number of aryl methyl sites for hydroxylation is 1. The van der Waals surface area contributed by atoms with Crippen LogP contribution in [0.25, 0.3) is 0 Å². The zero-order valence-electron chi connectivity index (χ0n) is 15.9. The van der Waals surface area contributed by atoms with Crippen LogP contribution >= 0.6 is 0 Å². The third kappa shape index (κ3) is 3.52. The summed E-state index contributed by atoms with van der Waals surface area (Å²) < 4.78 is 5.29. The van der Waals surface area contributed by atoms with Crippen molar-refractivity contribution in [2.75, 3.05) is 33.4 Å². The lowest BCUT2D eigenvalue weighted by molar-refractivity contribution is 0.0973. The fraction of sp³-hybridized carbons (Fsp3) is 0.333. The van der Waals surface area contributed by atoms with Gasteiger partial charge in [-0.3, -0.25) is 14.5 Å². The molecule has 0 spiro atoms. The molecule has 2 aromatic carbocycles. The predicted molar refractivity (Wildman–Crippen MR) is 102 cm³/mol. The van der Waals surface area contributed by atoms with E-state index < -0.39 is 5.78 Å². The fourth-order valence-corrected chi connectivity index (χ4v) is 3.60. The lowest BCUT2D eigenvalue weighted by Gasteiger charge is -2.24. The van der Waals surface area contributed by atoms with E-state index in [2.05, 4.69) is 0 Å². The molecule has 2 aromatic rings. The van der Waals surface area contributed by atoms with E-state index in [0.717, 1.165) is 5.56 Å². The van der Waals surface area contributed by atoms with Crippen molar-refractivity contribution in [2.45, 2.75) is 13.5 Å². The molecule has 1 aliphatic rings. The molecule has 0 radical (unpaired) electrons. The normalized spacial score (nSPS) is 12.9. The average Bonchev–Trinajstić information content (AvgIpc) is 2.65. The van der Waals surface area contributed by atoms with E-state index in [4.69, 9.17) is 14.9 Å². The molecule has 0 heterocycles. The van der Waals surface area contributed by atoms with Crippen LogP contribution in [-0.4, -0.2) is 65.2 Å². The van der Waals surface area contributed by atoms with Crippen molar-refractivity contribution < 1.29 is 29.6 Å². The summed E-state index contributed by atoms with van der Waals surface area (Å²) in [4.78, 5) is 27.9. The van der Waals surface area contributed by atoms with Crippen LogP contribution in [0.2, 0.25) is 0 Å². The highest BCUT2D eigenvalue weighted by Gasteiger charge is 2.35. The molecule has 7 nitrogen and oxygen atoms in total. The second kappa shape index (κ2) is 8.10. The number of methoxy groups -OCH3 is 1. The number of nitrogens with zero attached hydrogens (tertiary/aromatic N) is 1. The molecule has 28 heavy (non-hydrogen) atoms. The van der Waals surface area contributed by atoms with Crippen molar-refractivity contribution in [2.24, 2.45) is 0 Å². The number of carbonyl (C=O) groups is 2. The summed E-state index contributed by atoms with van der Waals surface area (Å²) in [5, 5.41) is 28.8. The number of hydrogen-bond acceptors (Lipinski definition) is 7. The topological polar surface area (TPSA) is 107 Å². The molecular weight excluding hydrogens is 362 g/mol. The molecule has 7 heteroatoms. The highest BCUT2D eigenvalue weighted by Crippen LogP contribution is 2.38. The van der Waals surface area contributed by atoms with E-state index in [1.54, 1.807) is 23.1 Å². The first-order valence-corrected chi connectivity index (χ1v) is 8.99. The van der Waals surface area contributed by atoms with E-state index in [0.29, 0.717) is 30.9 Å². The van der Waals surface area contributed by atoms with Gasteiger partial charge in [-0.15, -0.1) is 0 Å². The van der Waals surface area contributed by atoms with Crippen molar-refractivity contribution in [1.82, 2.24) is 4.90 Å². The van der Waals surface area contributed by atoms with Gasteiger partial charge in [-0.25, -0.2) is 0 Å². The Morgan fingerprint density at radius 3 is 2.18 bits per heavy atom. The van der Waals surface area contributed by atoms with Gasteiger partial charge in [-0.1, -0.05) is 0 Å². The molecule has 0 saturated heterocycles. The summed E-state index contributed by atoms with van der Waals surface area (Å²) in [6, 6.07) is 6.36. The first kappa shape index (κ1) is 20.0. The van der Waals surface area contributed by atoms with Crippen molar-refractivity contribution >= 4 is 11.6 Å². The monoisotopic (exact) mass is 385 g/mol. The Balaban J connectivity index is 2.08. The third-order valence-corrected chi connectivity index (χ3v) is 4.83. The summed E-state index contributed by atoms with van der Waals surface area (Å²) in [7, 11) is 1.43. The molecule has 1 aliphatic carbocycles. The van der Waals surface area contributed by atoms with Crippen LogP contribution in [0.5, 0.6) is 11.5 Å². The number of aliphatic hydroxyl groups excluding tert-OH is 2. The van der Waals surface area contributed by atoms with Crippen LogP contribution in [0.4, 0.5) is 0 Å². The number of carbonyl (C=O) groups excluding carboxylic acids is 2. The van der Waals surface area contributed by atoms with Crippen molar-refractivity contribution in [3.05, 3.63) is 57.6 Å². The number of benzene rings is 2. The minimum Gasteiger partial charge on any atom is -0.507 e. The fourth-order valence-electron chi connectivity index (χ4n) is 3.60. The minimum absolute atomic E-state index is 0.0285. The lowest BCUT2D eigenvalue weighted by atomic mass is 9.81. The van der Waals surface area contributed by atoms with Crippen molar-refractivity contribution in [3.63, 3.8) is 0 Å². The van der Waals surface area contributed by atoms with Gasteiger partial charge in [0.15, 0.2) is 5.78 Å². The molecule has 0 fully saturated rings. The third-order valence-electron chi connectivity index (χ3n) is 4.83. The second-order valence-electron chi connectivity index (χ2n) is 6.81. The first-order valence-electron chi connectivity index (χ1n) is 8.99. The molecular formula is C21H23NO6. The molecule has 0 bridgehead atoms. The van der Waals surface area contributed by atoms with Crippen LogP contribution in [0.1, 0.15) is 43.0 Å². The Bertz CT molecular complexity index is 931. The van der Waals surface area contributed by atoms with Gasteiger partial charge in [0.2, 0.25) is 5.78 Å². The Hall–Kier alpha value is -2.74. The van der Waals surface area contributed by atoms with E-state index in [1.807, 2.05) is 6.92 Å². The predicted octanol–water partition coefficient (Wildman–Crippen LogP) is 1.27. The number of hydrogen-bond donors (Lipinski definition) is 3. The number of ether oxygens (including phenoxy) is 1. The van der Waals surface area contributed by atoms with Crippen molar-refractivity contribution in [3.8, 4) is 11.5 Å². The SMILES string of the molecule is COc1cc(C)cc2c1C(=O)c1c(O)cc(CN(CCO)CCO)cc1C2=O. The largest absolute Gasteiger partial charge is 0.507 e. The van der Waals surface area contributed by atoms with E-state index in [1.165, 1.54) is 13.2 Å². The highest BCUT2D eigenvalue weighted by molar-refractivity contribution is 6.30. The molecule has 0 amide bonds. The summed E-state index contributed by atoms with van der Waals surface area (Å²) in [5.74, 6) is -0.765. The average molecular weight is 385 g/mol. The molecule has 0 aromatic heterocycles. The maximum Gasteiger partial charge on any atom is 0.201 e. The summed E-state index contributed by atoms with van der Waals surface area (Å²) in [6.07, 6.45) is 0. The smallest absolute Gasteiger partial charge is 0.201 e. The first-order chi connectivity index (χ1) is 13.4. The molecule has 0 atom stereocenters. The van der Waals surface area contributed by atoms with Gasteiger partial charge in [-0.2, -0.15) is 0 Å². The van der Waals surface area contributed by atoms with Crippen LogP contribution in [-0.2, 0) is 6.54 Å².